The van der Waals surface area contributed by atoms with E-state index >= 15 is 0 Å². The number of amides is 1. The number of hydrogen-bond donors (Lipinski definition) is 3. The molecule has 10 heteroatoms. The number of rotatable bonds is 11. The zero-order valence-electron chi connectivity index (χ0n) is 27.5. The van der Waals surface area contributed by atoms with Crippen LogP contribution >= 0.6 is 0 Å². The number of piperidine rings is 1. The van der Waals surface area contributed by atoms with Crippen LogP contribution < -0.4 is 20.0 Å². The van der Waals surface area contributed by atoms with E-state index in [4.69, 9.17) is 15.8 Å². The first kappa shape index (κ1) is 32.8. The maximum Gasteiger partial charge on any atom is 0.227 e. The number of aldehydes is 1. The fourth-order valence-corrected chi connectivity index (χ4v) is 6.94. The van der Waals surface area contributed by atoms with E-state index in [2.05, 4.69) is 38.2 Å². The first-order valence-electron chi connectivity index (χ1n) is 16.8. The molecule has 2 fully saturated rings. The number of pyridine rings is 1. The van der Waals surface area contributed by atoms with Gasteiger partial charge in [-0.3, -0.25) is 15.1 Å². The summed E-state index contributed by atoms with van der Waals surface area (Å²) in [5.41, 5.74) is 5.21. The van der Waals surface area contributed by atoms with E-state index in [1.807, 2.05) is 65.8 Å². The third-order valence-electron chi connectivity index (χ3n) is 9.72. The molecule has 3 N–H and O–H groups in total. The van der Waals surface area contributed by atoms with E-state index in [0.29, 0.717) is 36.0 Å². The van der Waals surface area contributed by atoms with Crippen molar-refractivity contribution in [1.29, 1.82) is 10.8 Å². The molecule has 3 aliphatic heterocycles. The number of hydrogen-bond acceptors (Lipinski definition) is 9. The summed E-state index contributed by atoms with van der Waals surface area (Å²) in [7, 11) is 1.64. The fraction of sp³-hybridized carbons (Fsp3) is 0.342. The second-order valence-electron chi connectivity index (χ2n) is 12.5. The van der Waals surface area contributed by atoms with Gasteiger partial charge in [-0.1, -0.05) is 42.5 Å². The van der Waals surface area contributed by atoms with Crippen LogP contribution in [0.25, 0.3) is 0 Å². The molecule has 1 unspecified atom stereocenters. The van der Waals surface area contributed by atoms with E-state index < -0.39 is 0 Å². The molecule has 1 amide bonds. The predicted octanol–water partition coefficient (Wildman–Crippen LogP) is 4.99. The molecule has 2 aromatic carbocycles. The molecule has 0 aliphatic carbocycles. The molecule has 6 rings (SSSR count). The van der Waals surface area contributed by atoms with Crippen molar-refractivity contribution in [1.82, 2.24) is 15.2 Å². The van der Waals surface area contributed by atoms with Gasteiger partial charge in [0.05, 0.1) is 34.9 Å². The van der Waals surface area contributed by atoms with E-state index in [-0.39, 0.29) is 11.8 Å². The minimum absolute atomic E-state index is 0.0530. The molecular formula is C38H44N8O2. The SMILES string of the molecule is CNC(=O)C(CCC=O)c1ccc(N2CCN(C3CCN(c4ccc(N5C=CC(=N)/C5=C\C(=N)c5ccccc5)cn4)CC3)CC2)cc1. The zero-order chi connectivity index (χ0) is 33.5. The first-order chi connectivity index (χ1) is 23.4. The molecule has 0 saturated carbocycles. The highest BCUT2D eigenvalue weighted by Crippen LogP contribution is 2.29. The molecule has 4 heterocycles. The van der Waals surface area contributed by atoms with Gasteiger partial charge in [0.1, 0.15) is 12.1 Å². The molecule has 1 atom stereocenters. The Morgan fingerprint density at radius 2 is 1.65 bits per heavy atom. The summed E-state index contributed by atoms with van der Waals surface area (Å²) in [6, 6.07) is 22.5. The Kier molecular flexibility index (Phi) is 10.4. The number of nitrogens with one attached hydrogen (secondary N) is 3. The van der Waals surface area contributed by atoms with Crippen LogP contribution in [0.5, 0.6) is 0 Å². The van der Waals surface area contributed by atoms with Crippen molar-refractivity contribution in [2.24, 2.45) is 0 Å². The molecule has 0 spiro atoms. The van der Waals surface area contributed by atoms with Gasteiger partial charge in [-0.05, 0) is 66.8 Å². The Hall–Kier alpha value is -5.09. The fourth-order valence-electron chi connectivity index (χ4n) is 6.94. The van der Waals surface area contributed by atoms with Crippen molar-refractivity contribution in [3.05, 3.63) is 108 Å². The topological polar surface area (TPSA) is 120 Å². The highest BCUT2D eigenvalue weighted by Gasteiger charge is 2.29. The molecule has 0 bridgehead atoms. The zero-order valence-corrected chi connectivity index (χ0v) is 27.5. The Morgan fingerprint density at radius 3 is 2.29 bits per heavy atom. The summed E-state index contributed by atoms with van der Waals surface area (Å²) in [5.74, 6) is 0.610. The summed E-state index contributed by atoms with van der Waals surface area (Å²) in [6.45, 7) is 5.91. The highest BCUT2D eigenvalue weighted by atomic mass is 16.1. The molecule has 3 aliphatic rings. The summed E-state index contributed by atoms with van der Waals surface area (Å²) in [6.07, 6.45) is 11.2. The molecule has 1 aromatic heterocycles. The molecular weight excluding hydrogens is 600 g/mol. The summed E-state index contributed by atoms with van der Waals surface area (Å²) in [4.78, 5) is 37.4. The van der Waals surface area contributed by atoms with Crippen LogP contribution in [0, 0.1) is 10.8 Å². The Balaban J connectivity index is 0.996. The molecule has 3 aromatic rings. The van der Waals surface area contributed by atoms with Crippen LogP contribution in [0.3, 0.4) is 0 Å². The van der Waals surface area contributed by atoms with Crippen molar-refractivity contribution in [2.45, 2.75) is 37.6 Å². The Morgan fingerprint density at radius 1 is 0.938 bits per heavy atom. The van der Waals surface area contributed by atoms with E-state index in [1.54, 1.807) is 19.2 Å². The number of likely N-dealkylation sites (N-methyl/N-ethyl adjacent to an activating group) is 1. The molecule has 48 heavy (non-hydrogen) atoms. The number of allylic oxidation sites excluding steroid dienone is 2. The Labute approximate surface area is 282 Å². The lowest BCUT2D eigenvalue weighted by molar-refractivity contribution is -0.122. The number of benzene rings is 2. The Bertz CT molecular complexity index is 1650. The second-order valence-corrected chi connectivity index (χ2v) is 12.5. The van der Waals surface area contributed by atoms with Crippen LogP contribution in [-0.4, -0.2) is 85.9 Å². The van der Waals surface area contributed by atoms with Gasteiger partial charge in [0, 0.05) is 70.7 Å². The van der Waals surface area contributed by atoms with Crippen LogP contribution in [-0.2, 0) is 9.59 Å². The number of aromatic nitrogens is 1. The lowest BCUT2D eigenvalue weighted by Crippen LogP contribution is -2.53. The smallest absolute Gasteiger partial charge is 0.227 e. The summed E-state index contributed by atoms with van der Waals surface area (Å²) >= 11 is 0. The molecule has 248 valence electrons. The van der Waals surface area contributed by atoms with E-state index in [9.17, 15) is 9.59 Å². The maximum atomic E-state index is 12.4. The van der Waals surface area contributed by atoms with E-state index in [1.165, 1.54) is 5.69 Å². The van der Waals surface area contributed by atoms with Crippen molar-refractivity contribution in [2.75, 3.05) is 61.0 Å². The number of nitrogens with zero attached hydrogens (tertiary/aromatic N) is 5. The summed E-state index contributed by atoms with van der Waals surface area (Å²) < 4.78 is 0. The van der Waals surface area contributed by atoms with Gasteiger partial charge in [-0.2, -0.15) is 0 Å². The number of carbonyl (C=O) groups excluding carboxylic acids is 2. The maximum absolute atomic E-state index is 12.4. The molecule has 10 nitrogen and oxygen atoms in total. The van der Waals surface area contributed by atoms with Gasteiger partial charge < -0.3 is 30.2 Å². The van der Waals surface area contributed by atoms with Crippen molar-refractivity contribution in [3.8, 4) is 0 Å². The first-order valence-corrected chi connectivity index (χ1v) is 16.8. The monoisotopic (exact) mass is 644 g/mol. The molecule has 2 saturated heterocycles. The average molecular weight is 645 g/mol. The van der Waals surface area contributed by atoms with Crippen LogP contribution in [0.4, 0.5) is 17.2 Å². The van der Waals surface area contributed by atoms with Gasteiger partial charge in [-0.15, -0.1) is 0 Å². The number of carbonyl (C=O) groups is 2. The van der Waals surface area contributed by atoms with Crippen molar-refractivity contribution < 1.29 is 9.59 Å². The third-order valence-corrected chi connectivity index (χ3v) is 9.72. The van der Waals surface area contributed by atoms with Gasteiger partial charge in [0.15, 0.2) is 0 Å². The predicted molar refractivity (Wildman–Crippen MR) is 193 cm³/mol. The van der Waals surface area contributed by atoms with Gasteiger partial charge >= 0.3 is 0 Å². The number of piperazine rings is 1. The lowest BCUT2D eigenvalue weighted by atomic mass is 9.93. The molecule has 0 radical (unpaired) electrons. The minimum Gasteiger partial charge on any atom is -0.369 e. The normalized spacial score (nSPS) is 18.7. The van der Waals surface area contributed by atoms with Gasteiger partial charge in [0.25, 0.3) is 0 Å². The minimum atomic E-state index is -0.306. The second kappa shape index (κ2) is 15.2. The van der Waals surface area contributed by atoms with Gasteiger partial charge in [0.2, 0.25) is 5.91 Å². The summed E-state index contributed by atoms with van der Waals surface area (Å²) in [5, 5.41) is 19.7. The average Bonchev–Trinajstić information content (AvgIpc) is 3.51. The van der Waals surface area contributed by atoms with Crippen LogP contribution in [0.1, 0.15) is 42.7 Å². The number of anilines is 3. The van der Waals surface area contributed by atoms with Crippen molar-refractivity contribution >= 4 is 40.8 Å². The van der Waals surface area contributed by atoms with Crippen LogP contribution in [0.15, 0.2) is 97.0 Å². The quantitative estimate of drug-likeness (QED) is 0.199. The third kappa shape index (κ3) is 7.39. The highest BCUT2D eigenvalue weighted by molar-refractivity contribution is 6.18. The van der Waals surface area contributed by atoms with Crippen molar-refractivity contribution in [3.63, 3.8) is 0 Å². The van der Waals surface area contributed by atoms with Crippen LogP contribution in [0.2, 0.25) is 0 Å². The standard InChI is InChI=1S/C38H44N8O2/c1-41-38(48)33(8-5-25-47)28-9-11-30(12-10-28)43-21-23-44(24-22-43)31-15-18-45(19-16-31)37-14-13-32(27-42-37)46-20-17-34(39)36(46)26-35(40)29-6-3-2-4-7-29/h2-4,6-7,9-14,17,20,25-27,31,33,39-40H,5,8,15-16,18-19,21-24H2,1H3,(H,41,48)/b36-26+,39-34?,40-35?. The lowest BCUT2D eigenvalue weighted by Gasteiger charge is -2.43. The largest absolute Gasteiger partial charge is 0.369 e. The van der Waals surface area contributed by atoms with E-state index in [0.717, 1.165) is 81.0 Å². The van der Waals surface area contributed by atoms with Gasteiger partial charge in [-0.25, -0.2) is 4.98 Å².